The Bertz CT molecular complexity index is 1200. The predicted octanol–water partition coefficient (Wildman–Crippen LogP) is 4.57. The van der Waals surface area contributed by atoms with Gasteiger partial charge in [-0.25, -0.2) is 4.68 Å². The SMILES string of the molecule is CCOc1ccc(NC(=O)c2cc3cc(Br)ccc3n2NC(=O)C(=O)NC2CCCCC2)cc1. The van der Waals surface area contributed by atoms with Crippen molar-refractivity contribution in [3.05, 3.63) is 58.7 Å². The minimum atomic E-state index is -0.818. The highest BCUT2D eigenvalue weighted by molar-refractivity contribution is 9.10. The van der Waals surface area contributed by atoms with Crippen LogP contribution in [0.5, 0.6) is 5.75 Å². The van der Waals surface area contributed by atoms with Crippen LogP contribution in [0.2, 0.25) is 0 Å². The highest BCUT2D eigenvalue weighted by Crippen LogP contribution is 2.24. The van der Waals surface area contributed by atoms with Gasteiger partial charge < -0.3 is 15.4 Å². The lowest BCUT2D eigenvalue weighted by atomic mass is 9.95. The molecule has 3 N–H and O–H groups in total. The number of hydrogen-bond acceptors (Lipinski definition) is 4. The van der Waals surface area contributed by atoms with Gasteiger partial charge in [-0.1, -0.05) is 35.2 Å². The second kappa shape index (κ2) is 10.7. The number of carbonyl (C=O) groups is 3. The summed E-state index contributed by atoms with van der Waals surface area (Å²) in [5.74, 6) is -1.25. The van der Waals surface area contributed by atoms with E-state index in [0.717, 1.165) is 42.0 Å². The van der Waals surface area contributed by atoms with Crippen LogP contribution in [0.1, 0.15) is 49.5 Å². The number of amides is 3. The molecule has 1 aliphatic rings. The molecule has 1 aromatic heterocycles. The molecule has 4 rings (SSSR count). The van der Waals surface area contributed by atoms with Crippen molar-refractivity contribution >= 4 is 50.2 Å². The number of nitrogens with zero attached hydrogens (tertiary/aromatic N) is 1. The first kappa shape index (κ1) is 23.8. The van der Waals surface area contributed by atoms with Gasteiger partial charge in [-0.05, 0) is 68.3 Å². The van der Waals surface area contributed by atoms with E-state index in [1.54, 1.807) is 42.5 Å². The number of ether oxygens (including phenoxy) is 1. The van der Waals surface area contributed by atoms with Crippen LogP contribution in [0, 0.1) is 0 Å². The fourth-order valence-corrected chi connectivity index (χ4v) is 4.50. The molecule has 0 bridgehead atoms. The van der Waals surface area contributed by atoms with Crippen molar-refractivity contribution in [3.63, 3.8) is 0 Å². The van der Waals surface area contributed by atoms with Gasteiger partial charge in [0.15, 0.2) is 0 Å². The molecule has 0 unspecified atom stereocenters. The third-order valence-electron chi connectivity index (χ3n) is 5.78. The van der Waals surface area contributed by atoms with E-state index in [1.807, 2.05) is 13.0 Å². The highest BCUT2D eigenvalue weighted by Gasteiger charge is 2.23. The van der Waals surface area contributed by atoms with Gasteiger partial charge in [0.05, 0.1) is 12.1 Å². The average molecular weight is 527 g/mol. The van der Waals surface area contributed by atoms with Gasteiger partial charge in [0.2, 0.25) is 0 Å². The Balaban J connectivity index is 1.56. The third kappa shape index (κ3) is 5.59. The Labute approximate surface area is 206 Å². The van der Waals surface area contributed by atoms with Crippen molar-refractivity contribution < 1.29 is 19.1 Å². The predicted molar refractivity (Wildman–Crippen MR) is 135 cm³/mol. The van der Waals surface area contributed by atoms with Crippen LogP contribution >= 0.6 is 15.9 Å². The van der Waals surface area contributed by atoms with E-state index in [1.165, 1.54) is 4.68 Å². The maximum Gasteiger partial charge on any atom is 0.328 e. The van der Waals surface area contributed by atoms with Gasteiger partial charge in [-0.3, -0.25) is 19.8 Å². The normalized spacial score (nSPS) is 13.9. The number of rotatable bonds is 6. The summed E-state index contributed by atoms with van der Waals surface area (Å²) in [5, 5.41) is 6.38. The lowest BCUT2D eigenvalue weighted by Crippen LogP contribution is -2.44. The number of benzene rings is 2. The van der Waals surface area contributed by atoms with Gasteiger partial charge in [0.25, 0.3) is 5.91 Å². The van der Waals surface area contributed by atoms with E-state index < -0.39 is 17.7 Å². The standard InChI is InChI=1S/C25H27BrN4O4/c1-2-34-20-11-9-19(10-12-20)27-23(31)22-15-16-14-17(26)8-13-21(16)30(22)29-25(33)24(32)28-18-6-4-3-5-7-18/h8-15,18H,2-7H2,1H3,(H,27,31)(H,28,32)(H,29,33). The van der Waals surface area contributed by atoms with Crippen molar-refractivity contribution in [2.75, 3.05) is 17.3 Å². The lowest BCUT2D eigenvalue weighted by molar-refractivity contribution is -0.137. The van der Waals surface area contributed by atoms with E-state index in [4.69, 9.17) is 4.74 Å². The largest absolute Gasteiger partial charge is 0.494 e. The smallest absolute Gasteiger partial charge is 0.328 e. The number of nitrogens with one attached hydrogen (secondary N) is 3. The molecule has 8 nitrogen and oxygen atoms in total. The summed E-state index contributed by atoms with van der Waals surface area (Å²) in [6, 6.07) is 14.1. The molecular weight excluding hydrogens is 500 g/mol. The molecule has 1 aliphatic carbocycles. The molecule has 1 saturated carbocycles. The monoisotopic (exact) mass is 526 g/mol. The molecule has 1 fully saturated rings. The minimum absolute atomic E-state index is 0.00629. The molecule has 0 aliphatic heterocycles. The summed E-state index contributed by atoms with van der Waals surface area (Å²) >= 11 is 3.43. The maximum atomic E-state index is 13.1. The number of halogens is 1. The molecule has 0 radical (unpaired) electrons. The van der Waals surface area contributed by atoms with Crippen molar-refractivity contribution in [2.24, 2.45) is 0 Å². The average Bonchev–Trinajstić information content (AvgIpc) is 3.18. The zero-order valence-corrected chi connectivity index (χ0v) is 20.5. The van der Waals surface area contributed by atoms with Crippen molar-refractivity contribution in [2.45, 2.75) is 45.1 Å². The number of anilines is 1. The number of carbonyl (C=O) groups excluding carboxylic acids is 3. The zero-order chi connectivity index (χ0) is 24.1. The Morgan fingerprint density at radius 1 is 1.00 bits per heavy atom. The van der Waals surface area contributed by atoms with E-state index >= 15 is 0 Å². The van der Waals surface area contributed by atoms with Crippen molar-refractivity contribution in [3.8, 4) is 5.75 Å². The van der Waals surface area contributed by atoms with E-state index in [0.29, 0.717) is 23.6 Å². The third-order valence-corrected chi connectivity index (χ3v) is 6.27. The summed E-state index contributed by atoms with van der Waals surface area (Å²) in [5.41, 5.74) is 3.97. The minimum Gasteiger partial charge on any atom is -0.494 e. The van der Waals surface area contributed by atoms with Gasteiger partial charge in [-0.2, -0.15) is 0 Å². The first-order chi connectivity index (χ1) is 16.4. The summed E-state index contributed by atoms with van der Waals surface area (Å²) in [4.78, 5) is 38.4. The van der Waals surface area contributed by atoms with Crippen molar-refractivity contribution in [1.29, 1.82) is 0 Å². The van der Waals surface area contributed by atoms with E-state index in [-0.39, 0.29) is 11.7 Å². The van der Waals surface area contributed by atoms with E-state index in [2.05, 4.69) is 32.0 Å². The Kier molecular flexibility index (Phi) is 7.52. The Morgan fingerprint density at radius 3 is 2.44 bits per heavy atom. The second-order valence-corrected chi connectivity index (χ2v) is 9.14. The van der Waals surface area contributed by atoms with Crippen LogP contribution in [0.25, 0.3) is 10.9 Å². The topological polar surface area (TPSA) is 101 Å². The van der Waals surface area contributed by atoms with Gasteiger partial charge in [0, 0.05) is 21.6 Å². The van der Waals surface area contributed by atoms with E-state index in [9.17, 15) is 14.4 Å². The van der Waals surface area contributed by atoms with Crippen LogP contribution in [0.3, 0.4) is 0 Å². The van der Waals surface area contributed by atoms with Crippen LogP contribution in [-0.4, -0.2) is 35.0 Å². The first-order valence-electron chi connectivity index (χ1n) is 11.4. The summed E-state index contributed by atoms with van der Waals surface area (Å²) in [6.45, 7) is 2.45. The molecule has 2 aromatic carbocycles. The lowest BCUT2D eigenvalue weighted by Gasteiger charge is -2.22. The molecule has 0 atom stereocenters. The number of hydrogen-bond donors (Lipinski definition) is 3. The zero-order valence-electron chi connectivity index (χ0n) is 18.9. The van der Waals surface area contributed by atoms with Crippen LogP contribution < -0.4 is 20.8 Å². The number of aromatic nitrogens is 1. The fourth-order valence-electron chi connectivity index (χ4n) is 4.12. The molecule has 9 heteroatoms. The molecule has 3 aromatic rings. The van der Waals surface area contributed by atoms with Gasteiger partial charge >= 0.3 is 11.8 Å². The molecule has 178 valence electrons. The molecule has 34 heavy (non-hydrogen) atoms. The molecule has 1 heterocycles. The Morgan fingerprint density at radius 2 is 1.74 bits per heavy atom. The van der Waals surface area contributed by atoms with Crippen LogP contribution in [0.4, 0.5) is 5.69 Å². The molecule has 0 spiro atoms. The molecule has 3 amide bonds. The summed E-state index contributed by atoms with van der Waals surface area (Å²) in [7, 11) is 0. The van der Waals surface area contributed by atoms with Gasteiger partial charge in [-0.15, -0.1) is 0 Å². The molecule has 0 saturated heterocycles. The fraction of sp³-hybridized carbons (Fsp3) is 0.320. The maximum absolute atomic E-state index is 13.1. The highest BCUT2D eigenvalue weighted by atomic mass is 79.9. The van der Waals surface area contributed by atoms with Crippen LogP contribution in [-0.2, 0) is 9.59 Å². The Hall–Kier alpha value is -3.33. The summed E-state index contributed by atoms with van der Waals surface area (Å²) < 4.78 is 7.62. The van der Waals surface area contributed by atoms with Gasteiger partial charge in [0.1, 0.15) is 11.4 Å². The van der Waals surface area contributed by atoms with Crippen molar-refractivity contribution in [1.82, 2.24) is 9.99 Å². The summed E-state index contributed by atoms with van der Waals surface area (Å²) in [6.07, 6.45) is 4.97. The molecular formula is C25H27BrN4O4. The quantitative estimate of drug-likeness (QED) is 0.409. The second-order valence-electron chi connectivity index (χ2n) is 8.23. The van der Waals surface area contributed by atoms with Crippen LogP contribution in [0.15, 0.2) is 53.0 Å². The number of fused-ring (bicyclic) bond motifs is 1. The first-order valence-corrected chi connectivity index (χ1v) is 12.2.